The van der Waals surface area contributed by atoms with E-state index in [1.54, 1.807) is 30.3 Å². The topological polar surface area (TPSA) is 52.7 Å². The second-order valence-electron chi connectivity index (χ2n) is 7.51. The maximum absolute atomic E-state index is 13.3. The van der Waals surface area contributed by atoms with Crippen LogP contribution >= 0.6 is 23.2 Å². The van der Waals surface area contributed by atoms with Gasteiger partial charge < -0.3 is 10.2 Å². The third-order valence-electron chi connectivity index (χ3n) is 5.01. The molecule has 0 bridgehead atoms. The van der Waals surface area contributed by atoms with Crippen LogP contribution in [0.1, 0.15) is 18.9 Å². The van der Waals surface area contributed by atoms with E-state index < -0.39 is 30.6 Å². The molecule has 1 N–H and O–H groups in total. The molecule has 32 heavy (non-hydrogen) atoms. The molecule has 0 spiro atoms. The van der Waals surface area contributed by atoms with Gasteiger partial charge in [-0.1, -0.05) is 48.3 Å². The first-order chi connectivity index (χ1) is 15.1. The van der Waals surface area contributed by atoms with Gasteiger partial charge in [0.05, 0.1) is 17.8 Å². The molecule has 1 atom stereocenters. The Labute approximate surface area is 194 Å². The molecular weight excluding hydrogens is 466 g/mol. The fourth-order valence-electron chi connectivity index (χ4n) is 3.68. The zero-order valence-corrected chi connectivity index (χ0v) is 18.8. The number of hydrogen-bond acceptors (Lipinski definition) is 3. The number of anilines is 2. The zero-order chi connectivity index (χ0) is 23.5. The van der Waals surface area contributed by atoms with E-state index in [2.05, 4.69) is 5.32 Å². The lowest BCUT2D eigenvalue weighted by molar-refractivity contribution is -0.134. The lowest BCUT2D eigenvalue weighted by atomic mass is 10.1. The molecule has 1 heterocycles. The molecule has 0 saturated heterocycles. The molecule has 0 aromatic heterocycles. The molecule has 0 radical (unpaired) electrons. The molecule has 1 aliphatic rings. The molecule has 5 nitrogen and oxygen atoms in total. The van der Waals surface area contributed by atoms with Crippen molar-refractivity contribution in [3.05, 3.63) is 58.1 Å². The molecule has 172 valence electrons. The summed E-state index contributed by atoms with van der Waals surface area (Å²) in [6.07, 6.45) is -4.03. The highest BCUT2D eigenvalue weighted by molar-refractivity contribution is 6.35. The minimum absolute atomic E-state index is 0.0537. The number of alkyl halides is 3. The van der Waals surface area contributed by atoms with Crippen molar-refractivity contribution in [2.75, 3.05) is 29.4 Å². The fraction of sp³-hybridized carbons (Fsp3) is 0.364. The van der Waals surface area contributed by atoms with Crippen LogP contribution in [0.25, 0.3) is 0 Å². The van der Waals surface area contributed by atoms with Gasteiger partial charge in [-0.25, -0.2) is 0 Å². The number of fused-ring (bicyclic) bond motifs is 1. The van der Waals surface area contributed by atoms with Crippen LogP contribution in [0.2, 0.25) is 10.0 Å². The molecule has 1 aliphatic heterocycles. The standard InChI is InChI=1S/C22H22Cl2F3N3O2/c1-2-9-29-12-17(28-20(31)10-14-7-8-15(23)11-16(14)24)21(32)30(13-22(25,26)27)19-6-4-3-5-18(19)29/h3-8,11,17H,2,9-10,12-13H2,1H3,(H,28,31). The fourth-order valence-corrected chi connectivity index (χ4v) is 4.15. The molecular formula is C22H22Cl2F3N3O2. The van der Waals surface area contributed by atoms with E-state index in [0.717, 1.165) is 0 Å². The summed E-state index contributed by atoms with van der Waals surface area (Å²) < 4.78 is 40.0. The number of hydrogen-bond donors (Lipinski definition) is 1. The van der Waals surface area contributed by atoms with Crippen molar-refractivity contribution in [2.45, 2.75) is 32.0 Å². The number of amides is 2. The SMILES string of the molecule is CCCN1CC(NC(=O)Cc2ccc(Cl)cc2Cl)C(=O)N(CC(F)(F)F)c2ccccc21. The van der Waals surface area contributed by atoms with Gasteiger partial charge >= 0.3 is 6.18 Å². The van der Waals surface area contributed by atoms with Crippen LogP contribution in [0.5, 0.6) is 0 Å². The van der Waals surface area contributed by atoms with Gasteiger partial charge in [0.1, 0.15) is 12.6 Å². The van der Waals surface area contributed by atoms with Gasteiger partial charge in [0.15, 0.2) is 0 Å². The first kappa shape index (κ1) is 24.2. The van der Waals surface area contributed by atoms with Gasteiger partial charge in [-0.15, -0.1) is 0 Å². The molecule has 3 rings (SSSR count). The van der Waals surface area contributed by atoms with Gasteiger partial charge in [0, 0.05) is 23.1 Å². The number of carbonyl (C=O) groups is 2. The van der Waals surface area contributed by atoms with E-state index in [1.807, 2.05) is 11.8 Å². The average Bonchev–Trinajstić information content (AvgIpc) is 2.81. The summed E-state index contributed by atoms with van der Waals surface area (Å²) in [6.45, 7) is 1.05. The van der Waals surface area contributed by atoms with Crippen molar-refractivity contribution >= 4 is 46.4 Å². The van der Waals surface area contributed by atoms with Crippen LogP contribution in [0, 0.1) is 0 Å². The summed E-state index contributed by atoms with van der Waals surface area (Å²) in [4.78, 5) is 28.4. The smallest absolute Gasteiger partial charge is 0.367 e. The maximum atomic E-state index is 13.3. The van der Waals surface area contributed by atoms with Crippen molar-refractivity contribution in [2.24, 2.45) is 0 Å². The van der Waals surface area contributed by atoms with E-state index in [0.29, 0.717) is 39.2 Å². The highest BCUT2D eigenvalue weighted by Crippen LogP contribution is 2.35. The Balaban J connectivity index is 1.89. The Morgan fingerprint density at radius 1 is 1.16 bits per heavy atom. The Kier molecular flexibility index (Phi) is 7.56. The van der Waals surface area contributed by atoms with Gasteiger partial charge in [-0.3, -0.25) is 14.5 Å². The van der Waals surface area contributed by atoms with Crippen LogP contribution < -0.4 is 15.1 Å². The van der Waals surface area contributed by atoms with Crippen LogP contribution in [0.4, 0.5) is 24.5 Å². The average molecular weight is 488 g/mol. The molecule has 0 fully saturated rings. The minimum Gasteiger partial charge on any atom is -0.367 e. The van der Waals surface area contributed by atoms with E-state index in [9.17, 15) is 22.8 Å². The van der Waals surface area contributed by atoms with Crippen molar-refractivity contribution < 1.29 is 22.8 Å². The summed E-state index contributed by atoms with van der Waals surface area (Å²) >= 11 is 12.0. The van der Waals surface area contributed by atoms with Crippen molar-refractivity contribution in [1.82, 2.24) is 5.32 Å². The maximum Gasteiger partial charge on any atom is 0.406 e. The number of carbonyl (C=O) groups excluding carboxylic acids is 2. The van der Waals surface area contributed by atoms with Gasteiger partial charge in [0.2, 0.25) is 5.91 Å². The predicted octanol–water partition coefficient (Wildman–Crippen LogP) is 4.85. The normalized spacial score (nSPS) is 16.6. The van der Waals surface area contributed by atoms with Gasteiger partial charge in [-0.05, 0) is 36.2 Å². The van der Waals surface area contributed by atoms with E-state index in [4.69, 9.17) is 23.2 Å². The van der Waals surface area contributed by atoms with Crippen LogP contribution in [-0.4, -0.2) is 43.7 Å². The van der Waals surface area contributed by atoms with Crippen molar-refractivity contribution in [1.29, 1.82) is 0 Å². The molecule has 2 aromatic rings. The largest absolute Gasteiger partial charge is 0.406 e. The monoisotopic (exact) mass is 487 g/mol. The Morgan fingerprint density at radius 2 is 1.84 bits per heavy atom. The van der Waals surface area contributed by atoms with Crippen LogP contribution in [0.3, 0.4) is 0 Å². The lowest BCUT2D eigenvalue weighted by Crippen LogP contribution is -2.54. The summed E-state index contributed by atoms with van der Waals surface area (Å²) in [6, 6.07) is 9.97. The summed E-state index contributed by atoms with van der Waals surface area (Å²) in [5, 5.41) is 3.31. The van der Waals surface area contributed by atoms with E-state index in [-0.39, 0.29) is 18.7 Å². The number of nitrogens with zero attached hydrogens (tertiary/aromatic N) is 2. The zero-order valence-electron chi connectivity index (χ0n) is 17.3. The molecule has 0 saturated carbocycles. The van der Waals surface area contributed by atoms with E-state index >= 15 is 0 Å². The lowest BCUT2D eigenvalue weighted by Gasteiger charge is -2.26. The summed E-state index contributed by atoms with van der Waals surface area (Å²) in [5.74, 6) is -1.34. The number of para-hydroxylation sites is 2. The van der Waals surface area contributed by atoms with Crippen molar-refractivity contribution in [3.8, 4) is 0 Å². The molecule has 2 aromatic carbocycles. The molecule has 1 unspecified atom stereocenters. The summed E-state index contributed by atoms with van der Waals surface area (Å²) in [5.41, 5.74) is 1.18. The molecule has 2 amide bonds. The quantitative estimate of drug-likeness (QED) is 0.633. The van der Waals surface area contributed by atoms with Crippen LogP contribution in [-0.2, 0) is 16.0 Å². The third-order valence-corrected chi connectivity index (χ3v) is 5.60. The molecule has 0 aliphatic carbocycles. The van der Waals surface area contributed by atoms with E-state index in [1.165, 1.54) is 12.1 Å². The number of benzene rings is 2. The predicted molar refractivity (Wildman–Crippen MR) is 119 cm³/mol. The number of halogens is 5. The Bertz CT molecular complexity index is 1000. The van der Waals surface area contributed by atoms with Crippen LogP contribution in [0.15, 0.2) is 42.5 Å². The van der Waals surface area contributed by atoms with Gasteiger partial charge in [-0.2, -0.15) is 13.2 Å². The third kappa shape index (κ3) is 5.86. The number of rotatable bonds is 6. The summed E-state index contributed by atoms with van der Waals surface area (Å²) in [7, 11) is 0. The van der Waals surface area contributed by atoms with Crippen molar-refractivity contribution in [3.63, 3.8) is 0 Å². The molecule has 10 heteroatoms. The highest BCUT2D eigenvalue weighted by Gasteiger charge is 2.40. The second kappa shape index (κ2) is 10.0. The first-order valence-corrected chi connectivity index (χ1v) is 10.8. The minimum atomic E-state index is -4.60. The first-order valence-electron chi connectivity index (χ1n) is 10.0. The highest BCUT2D eigenvalue weighted by atomic mass is 35.5. The second-order valence-corrected chi connectivity index (χ2v) is 8.35. The van der Waals surface area contributed by atoms with Gasteiger partial charge in [0.25, 0.3) is 5.91 Å². The Morgan fingerprint density at radius 3 is 2.47 bits per heavy atom. The number of nitrogens with one attached hydrogen (secondary N) is 1. The Hall–Kier alpha value is -2.45.